The maximum atomic E-state index is 9.51. The molecule has 40 valence electrons. The molecule has 1 N–H and O–H groups in total. The summed E-state index contributed by atoms with van der Waals surface area (Å²) in [5.41, 5.74) is 0. The lowest BCUT2D eigenvalue weighted by molar-refractivity contribution is -0.387. The number of nitrogens with one attached hydrogen (secondary N) is 1. The molecule has 0 fully saturated rings. The normalized spacial score (nSPS) is 20.2. The van der Waals surface area contributed by atoms with Gasteiger partial charge in [-0.2, -0.15) is 0 Å². The van der Waals surface area contributed by atoms with Gasteiger partial charge in [-0.15, -0.1) is 4.91 Å². The Kier molecular flexibility index (Phi) is 1.27. The van der Waals surface area contributed by atoms with Gasteiger partial charge < -0.3 is 0 Å². The summed E-state index contributed by atoms with van der Waals surface area (Å²) in [7, 11) is 0. The molecule has 0 aliphatic carbocycles. The number of nitrogens with zero attached hydrogens (tertiary/aromatic N) is 2. The number of hydrogen-bond donors (Lipinski definition) is 1. The zero-order chi connectivity index (χ0) is 5.82. The highest BCUT2D eigenvalue weighted by Crippen LogP contribution is 1.82. The third kappa shape index (κ3) is 0.841. The highest BCUT2D eigenvalue weighted by molar-refractivity contribution is 6.14. The summed E-state index contributed by atoms with van der Waals surface area (Å²) >= 11 is 0. The van der Waals surface area contributed by atoms with Crippen LogP contribution in [0.1, 0.15) is 0 Å². The van der Waals surface area contributed by atoms with Crippen LogP contribution in [0.4, 0.5) is 0 Å². The minimum Gasteiger partial charge on any atom is -0.239 e. The van der Waals surface area contributed by atoms with E-state index in [0.717, 1.165) is 6.20 Å². The van der Waals surface area contributed by atoms with E-state index in [9.17, 15) is 4.91 Å². The van der Waals surface area contributed by atoms with Crippen molar-refractivity contribution in [2.75, 3.05) is 0 Å². The second-order valence-electron chi connectivity index (χ2n) is 1.21. The van der Waals surface area contributed by atoms with Gasteiger partial charge in [-0.25, -0.2) is 4.99 Å². The SMILES string of the molecule is O=NC=C1N=CC=[NH+]1. The van der Waals surface area contributed by atoms with E-state index in [1.54, 1.807) is 12.4 Å². The molecule has 0 bridgehead atoms. The van der Waals surface area contributed by atoms with Crippen molar-refractivity contribution in [1.29, 1.82) is 0 Å². The predicted molar refractivity (Wildman–Crippen MR) is 29.4 cm³/mol. The van der Waals surface area contributed by atoms with Gasteiger partial charge in [0.15, 0.2) is 12.4 Å². The van der Waals surface area contributed by atoms with Gasteiger partial charge in [0.05, 0.1) is 0 Å². The van der Waals surface area contributed by atoms with E-state index in [1.807, 2.05) is 0 Å². The maximum absolute atomic E-state index is 9.51. The second kappa shape index (κ2) is 2.11. The quantitative estimate of drug-likeness (QED) is 0.423. The zero-order valence-corrected chi connectivity index (χ0v) is 4.03. The van der Waals surface area contributed by atoms with Crippen molar-refractivity contribution in [3.8, 4) is 0 Å². The molecule has 0 saturated carbocycles. The Morgan fingerprint density at radius 1 is 1.88 bits per heavy atom. The third-order valence-corrected chi connectivity index (χ3v) is 0.694. The Labute approximate surface area is 45.6 Å². The smallest absolute Gasteiger partial charge is 0.239 e. The molecule has 1 aliphatic heterocycles. The van der Waals surface area contributed by atoms with Crippen molar-refractivity contribution in [2.24, 2.45) is 10.2 Å². The fourth-order valence-electron chi connectivity index (χ4n) is 0.398. The van der Waals surface area contributed by atoms with Crippen LogP contribution in [0.2, 0.25) is 0 Å². The molecule has 0 atom stereocenters. The summed E-state index contributed by atoms with van der Waals surface area (Å²) in [6.07, 6.45) is 4.29. The van der Waals surface area contributed by atoms with Gasteiger partial charge in [-0.3, -0.25) is 0 Å². The van der Waals surface area contributed by atoms with Gasteiger partial charge in [-0.1, -0.05) is 0 Å². The Hall–Kier alpha value is -1.32. The van der Waals surface area contributed by atoms with Crippen molar-refractivity contribution >= 4 is 12.4 Å². The van der Waals surface area contributed by atoms with E-state index in [4.69, 9.17) is 0 Å². The maximum Gasteiger partial charge on any atom is 0.342 e. The minimum absolute atomic E-state index is 0.486. The van der Waals surface area contributed by atoms with Gasteiger partial charge in [0.25, 0.3) is 0 Å². The summed E-state index contributed by atoms with van der Waals surface area (Å²) in [4.78, 5) is 15.9. The molecule has 0 unspecified atom stereocenters. The molecule has 4 nitrogen and oxygen atoms in total. The van der Waals surface area contributed by atoms with Crippen LogP contribution in [0, 0.1) is 4.91 Å². The van der Waals surface area contributed by atoms with Gasteiger partial charge >= 0.3 is 5.82 Å². The molecule has 8 heavy (non-hydrogen) atoms. The first-order valence-corrected chi connectivity index (χ1v) is 2.08. The standard InChI is InChI=1S/C4H3N3O/c8-7-3-4-5-1-2-6-4/h1-3H/p+1. The Morgan fingerprint density at radius 2 is 2.75 bits per heavy atom. The van der Waals surface area contributed by atoms with E-state index in [-0.39, 0.29) is 0 Å². The van der Waals surface area contributed by atoms with E-state index in [1.165, 1.54) is 0 Å². The van der Waals surface area contributed by atoms with Crippen LogP contribution < -0.4 is 4.99 Å². The van der Waals surface area contributed by atoms with Gasteiger partial charge in [0.2, 0.25) is 0 Å². The molecule has 1 aliphatic rings. The van der Waals surface area contributed by atoms with Crippen LogP contribution in [0.3, 0.4) is 0 Å². The topological polar surface area (TPSA) is 55.8 Å². The summed E-state index contributed by atoms with van der Waals surface area (Å²) < 4.78 is 0. The molecule has 0 amide bonds. The van der Waals surface area contributed by atoms with Crippen molar-refractivity contribution in [1.82, 2.24) is 0 Å². The monoisotopic (exact) mass is 110 g/mol. The fraction of sp³-hybridized carbons (Fsp3) is 0. The summed E-state index contributed by atoms with van der Waals surface area (Å²) in [6.45, 7) is 0. The summed E-state index contributed by atoms with van der Waals surface area (Å²) in [6, 6.07) is 0. The van der Waals surface area contributed by atoms with Gasteiger partial charge in [0, 0.05) is 0 Å². The lowest BCUT2D eigenvalue weighted by Gasteiger charge is -1.65. The van der Waals surface area contributed by atoms with E-state index < -0.39 is 0 Å². The molecule has 0 radical (unpaired) electrons. The van der Waals surface area contributed by atoms with E-state index >= 15 is 0 Å². The van der Waals surface area contributed by atoms with Crippen LogP contribution in [-0.2, 0) is 0 Å². The van der Waals surface area contributed by atoms with Crippen LogP contribution in [0.25, 0.3) is 0 Å². The van der Waals surface area contributed by atoms with Crippen molar-refractivity contribution in [3.05, 3.63) is 16.9 Å². The molecule has 4 heteroatoms. The van der Waals surface area contributed by atoms with Gasteiger partial charge in [-0.05, 0) is 10.2 Å². The lowest BCUT2D eigenvalue weighted by Crippen LogP contribution is -2.63. The highest BCUT2D eigenvalue weighted by Gasteiger charge is 2.01. The van der Waals surface area contributed by atoms with Crippen LogP contribution in [0.5, 0.6) is 0 Å². The molecular formula is C4H4N3O+. The molecule has 0 aromatic heterocycles. The van der Waals surface area contributed by atoms with Crippen LogP contribution in [0.15, 0.2) is 22.2 Å². The van der Waals surface area contributed by atoms with Crippen molar-refractivity contribution in [2.45, 2.75) is 0 Å². The Bertz CT molecular complexity index is 166. The first kappa shape index (κ1) is 4.83. The average molecular weight is 110 g/mol. The van der Waals surface area contributed by atoms with Crippen molar-refractivity contribution < 1.29 is 4.99 Å². The van der Waals surface area contributed by atoms with E-state index in [0.29, 0.717) is 5.82 Å². The first-order valence-electron chi connectivity index (χ1n) is 2.08. The Morgan fingerprint density at radius 3 is 3.25 bits per heavy atom. The highest BCUT2D eigenvalue weighted by atomic mass is 16.2. The Balaban J connectivity index is 2.74. The number of rotatable bonds is 1. The minimum atomic E-state index is 0.486. The third-order valence-electron chi connectivity index (χ3n) is 0.694. The van der Waals surface area contributed by atoms with E-state index in [2.05, 4.69) is 15.2 Å². The summed E-state index contributed by atoms with van der Waals surface area (Å²) in [5, 5.41) is 2.51. The zero-order valence-electron chi connectivity index (χ0n) is 4.03. The van der Waals surface area contributed by atoms with Crippen molar-refractivity contribution in [3.63, 3.8) is 0 Å². The fourth-order valence-corrected chi connectivity index (χ4v) is 0.398. The van der Waals surface area contributed by atoms with Crippen LogP contribution in [-0.4, -0.2) is 12.4 Å². The molecule has 1 heterocycles. The first-order chi connectivity index (χ1) is 3.93. The largest absolute Gasteiger partial charge is 0.342 e. The second-order valence-corrected chi connectivity index (χ2v) is 1.21. The van der Waals surface area contributed by atoms with Gasteiger partial charge in [0.1, 0.15) is 6.21 Å². The number of nitroso groups, excluding NO2 is 1. The predicted octanol–water partition coefficient (Wildman–Crippen LogP) is -1.21. The molecule has 0 spiro atoms. The molecule has 0 aromatic rings. The lowest BCUT2D eigenvalue weighted by atomic mass is 10.8. The molecule has 0 aromatic carbocycles. The molecule has 1 rings (SSSR count). The number of hydrogen-bond acceptors (Lipinski definition) is 3. The average Bonchev–Trinajstić information content (AvgIpc) is 2.19. The molecular weight excluding hydrogens is 106 g/mol. The molecule has 0 saturated heterocycles. The summed E-state index contributed by atoms with van der Waals surface area (Å²) in [5.74, 6) is 0.486. The van der Waals surface area contributed by atoms with Crippen LogP contribution >= 0.6 is 0 Å². The number of aliphatic imine (C=N–C) groups is 1.